The maximum Gasteiger partial charge on any atom is 0.330 e. The number of methoxy groups -OCH3 is 1. The van der Waals surface area contributed by atoms with Crippen LogP contribution in [0.3, 0.4) is 0 Å². The number of carboxylic acids is 1. The lowest BCUT2D eigenvalue weighted by atomic mass is 9.93. The van der Waals surface area contributed by atoms with Crippen LogP contribution < -0.4 is 14.8 Å². The van der Waals surface area contributed by atoms with Crippen molar-refractivity contribution in [2.75, 3.05) is 20.7 Å². The van der Waals surface area contributed by atoms with Crippen molar-refractivity contribution in [3.8, 4) is 22.3 Å². The maximum absolute atomic E-state index is 13.8. The van der Waals surface area contributed by atoms with Crippen molar-refractivity contribution in [2.45, 2.75) is 69.9 Å². The highest BCUT2D eigenvalue weighted by Crippen LogP contribution is 2.46. The van der Waals surface area contributed by atoms with Crippen LogP contribution in [0.4, 0.5) is 0 Å². The molecule has 45 heavy (non-hydrogen) atoms. The number of allylic oxidation sites excluding steroid dienone is 1. The molecule has 3 heterocycles. The molecule has 2 aliphatic carbocycles. The van der Waals surface area contributed by atoms with Crippen LogP contribution in [0.2, 0.25) is 0 Å². The number of carbonyl (C=O) groups is 3. The number of fused-ring (bicyclic) bond motifs is 3. The number of nitrogens with zero attached hydrogens (tertiary/aromatic N) is 3. The number of ether oxygens (including phenoxy) is 2. The largest absolute Gasteiger partial charge is 0.497 e. The van der Waals surface area contributed by atoms with Crippen LogP contribution in [-0.2, 0) is 14.4 Å². The first kappa shape index (κ1) is 31.0. The predicted molar refractivity (Wildman–Crippen MR) is 171 cm³/mol. The second-order valence-electron chi connectivity index (χ2n) is 12.8. The molecule has 2 amide bonds. The SMILES string of the molecule is COc1ccc2c(OC3CC4C(=O)NC5(C(=O)O)CC5/C=C/CCCCN(C)C(=O)C4C3)nc(-c3nc(C(C)C)cs3)cc2c1. The van der Waals surface area contributed by atoms with Crippen molar-refractivity contribution in [2.24, 2.45) is 17.8 Å². The van der Waals surface area contributed by atoms with E-state index in [-0.39, 0.29) is 24.2 Å². The van der Waals surface area contributed by atoms with E-state index in [2.05, 4.69) is 19.2 Å². The summed E-state index contributed by atoms with van der Waals surface area (Å²) in [7, 11) is 3.39. The lowest BCUT2D eigenvalue weighted by Gasteiger charge is -2.26. The number of hydrogen-bond donors (Lipinski definition) is 2. The van der Waals surface area contributed by atoms with Gasteiger partial charge in [-0.05, 0) is 74.1 Å². The average molecular weight is 633 g/mol. The van der Waals surface area contributed by atoms with Crippen molar-refractivity contribution < 1.29 is 29.0 Å². The zero-order valence-electron chi connectivity index (χ0n) is 26.1. The average Bonchev–Trinajstić information content (AvgIpc) is 3.33. The number of rotatable bonds is 6. The van der Waals surface area contributed by atoms with E-state index >= 15 is 0 Å². The molecule has 0 spiro atoms. The summed E-state index contributed by atoms with van der Waals surface area (Å²) in [5.41, 5.74) is 0.330. The van der Waals surface area contributed by atoms with Crippen molar-refractivity contribution >= 4 is 39.9 Å². The summed E-state index contributed by atoms with van der Waals surface area (Å²) in [6.07, 6.45) is 6.88. The summed E-state index contributed by atoms with van der Waals surface area (Å²) in [6.45, 7) is 4.79. The summed E-state index contributed by atoms with van der Waals surface area (Å²) in [4.78, 5) is 51.2. The first-order valence-electron chi connectivity index (χ1n) is 15.7. The molecule has 3 aliphatic rings. The highest BCUT2D eigenvalue weighted by Gasteiger charge is 2.61. The minimum Gasteiger partial charge on any atom is -0.497 e. The number of carboxylic acid groups (broad SMARTS) is 1. The van der Waals surface area contributed by atoms with Gasteiger partial charge < -0.3 is 24.8 Å². The van der Waals surface area contributed by atoms with Crippen LogP contribution in [0.1, 0.15) is 64.0 Å². The summed E-state index contributed by atoms with van der Waals surface area (Å²) in [5.74, 6) is -1.82. The fourth-order valence-corrected chi connectivity index (χ4v) is 7.49. The smallest absolute Gasteiger partial charge is 0.330 e. The van der Waals surface area contributed by atoms with Gasteiger partial charge in [0.2, 0.25) is 17.7 Å². The van der Waals surface area contributed by atoms with Gasteiger partial charge in [-0.2, -0.15) is 0 Å². The Kier molecular flexibility index (Phi) is 8.56. The highest BCUT2D eigenvalue weighted by molar-refractivity contribution is 7.13. The Morgan fingerprint density at radius 1 is 1.16 bits per heavy atom. The second kappa shape index (κ2) is 12.4. The Hall–Kier alpha value is -3.99. The number of hydrogen-bond acceptors (Lipinski definition) is 8. The molecule has 1 aliphatic heterocycles. The number of amides is 2. The Bertz CT molecular complexity index is 1650. The monoisotopic (exact) mass is 632 g/mol. The van der Waals surface area contributed by atoms with E-state index in [1.54, 1.807) is 19.1 Å². The zero-order valence-corrected chi connectivity index (χ0v) is 26.9. The number of pyridine rings is 1. The molecule has 0 bridgehead atoms. The predicted octanol–water partition coefficient (Wildman–Crippen LogP) is 5.42. The number of carbonyl (C=O) groups excluding carboxylic acids is 2. The summed E-state index contributed by atoms with van der Waals surface area (Å²) >= 11 is 1.52. The number of nitrogens with one attached hydrogen (secondary N) is 1. The van der Waals surface area contributed by atoms with E-state index in [0.717, 1.165) is 40.7 Å². The van der Waals surface area contributed by atoms with Gasteiger partial charge in [0.05, 0.1) is 24.6 Å². The third-order valence-corrected chi connectivity index (χ3v) is 10.3. The van der Waals surface area contributed by atoms with Gasteiger partial charge in [-0.25, -0.2) is 14.8 Å². The van der Waals surface area contributed by atoms with Crippen LogP contribution in [-0.4, -0.2) is 70.1 Å². The Morgan fingerprint density at radius 3 is 2.69 bits per heavy atom. The van der Waals surface area contributed by atoms with Gasteiger partial charge in [0.25, 0.3) is 0 Å². The van der Waals surface area contributed by atoms with Crippen molar-refractivity contribution in [1.29, 1.82) is 0 Å². The Morgan fingerprint density at radius 2 is 1.96 bits per heavy atom. The summed E-state index contributed by atoms with van der Waals surface area (Å²) in [6, 6.07) is 7.64. The van der Waals surface area contributed by atoms with Gasteiger partial charge in [-0.15, -0.1) is 11.3 Å². The van der Waals surface area contributed by atoms with Crippen LogP contribution >= 0.6 is 11.3 Å². The van der Waals surface area contributed by atoms with Gasteiger partial charge in [-0.3, -0.25) is 9.59 Å². The van der Waals surface area contributed by atoms with E-state index < -0.39 is 35.4 Å². The minimum atomic E-state index is -1.33. The standard InChI is InChI=1S/C34H40N4O6S/c1-19(2)28-18-45-31(36-28)27-14-20-13-22(43-4)10-11-24(20)30(35-27)44-23-15-25-26(16-23)32(40)38(3)12-8-6-5-7-9-21-17-34(21,33(41)42)37-29(25)39/h7,9-11,13-14,18-19,21,23,25-26H,5-6,8,12,15-17H2,1-4H3,(H,37,39)(H,41,42)/b9-7+. The summed E-state index contributed by atoms with van der Waals surface area (Å²) < 4.78 is 12.1. The quantitative estimate of drug-likeness (QED) is 0.345. The molecule has 0 saturated heterocycles. The molecule has 5 atom stereocenters. The highest BCUT2D eigenvalue weighted by atomic mass is 32.1. The van der Waals surface area contributed by atoms with Crippen molar-refractivity contribution in [3.05, 3.63) is 47.5 Å². The van der Waals surface area contributed by atoms with Gasteiger partial charge in [0.1, 0.15) is 28.1 Å². The molecule has 11 heteroatoms. The zero-order chi connectivity index (χ0) is 31.9. The van der Waals surface area contributed by atoms with Crippen molar-refractivity contribution in [3.63, 3.8) is 0 Å². The normalized spacial score (nSPS) is 27.8. The van der Waals surface area contributed by atoms with Gasteiger partial charge in [0.15, 0.2) is 0 Å². The van der Waals surface area contributed by atoms with Gasteiger partial charge >= 0.3 is 5.97 Å². The molecule has 0 radical (unpaired) electrons. The Balaban J connectivity index is 1.33. The lowest BCUT2D eigenvalue weighted by Crippen LogP contribution is -2.49. The topological polar surface area (TPSA) is 131 Å². The summed E-state index contributed by atoms with van der Waals surface area (Å²) in [5, 5.41) is 17.4. The molecule has 238 valence electrons. The van der Waals surface area contributed by atoms with Crippen LogP contribution in [0, 0.1) is 17.8 Å². The molecule has 5 unspecified atom stereocenters. The Labute approximate surface area is 266 Å². The first-order chi connectivity index (χ1) is 21.6. The molecule has 10 nitrogen and oxygen atoms in total. The van der Waals surface area contributed by atoms with Crippen LogP contribution in [0.25, 0.3) is 21.5 Å². The van der Waals surface area contributed by atoms with Gasteiger partial charge in [-0.1, -0.05) is 26.0 Å². The maximum atomic E-state index is 13.8. The molecule has 3 aromatic rings. The van der Waals surface area contributed by atoms with E-state index in [1.807, 2.05) is 41.8 Å². The number of thiazole rings is 1. The fraction of sp³-hybridized carbons (Fsp3) is 0.500. The third-order valence-electron chi connectivity index (χ3n) is 9.39. The third kappa shape index (κ3) is 6.14. The number of aromatic nitrogens is 2. The second-order valence-corrected chi connectivity index (χ2v) is 13.7. The molecule has 2 saturated carbocycles. The molecule has 2 N–H and O–H groups in total. The van der Waals surface area contributed by atoms with E-state index in [1.165, 1.54) is 11.3 Å². The molecule has 6 rings (SSSR count). The van der Waals surface area contributed by atoms with Crippen LogP contribution in [0.5, 0.6) is 11.6 Å². The van der Waals surface area contributed by atoms with E-state index in [9.17, 15) is 19.5 Å². The number of benzene rings is 1. The van der Waals surface area contributed by atoms with Crippen LogP contribution in [0.15, 0.2) is 41.8 Å². The molecule has 1 aromatic carbocycles. The van der Waals surface area contributed by atoms with E-state index in [0.29, 0.717) is 36.7 Å². The van der Waals surface area contributed by atoms with E-state index in [4.69, 9.17) is 19.4 Å². The van der Waals surface area contributed by atoms with Crippen molar-refractivity contribution in [1.82, 2.24) is 20.2 Å². The minimum absolute atomic E-state index is 0.120. The molecular weight excluding hydrogens is 592 g/mol. The molecule has 2 aromatic heterocycles. The van der Waals surface area contributed by atoms with Gasteiger partial charge in [0, 0.05) is 30.3 Å². The molecular formula is C34H40N4O6S. The number of aliphatic carboxylic acids is 1. The molecule has 2 fully saturated rings. The lowest BCUT2D eigenvalue weighted by molar-refractivity contribution is -0.145. The first-order valence-corrected chi connectivity index (χ1v) is 16.6. The fourth-order valence-electron chi connectivity index (χ4n) is 6.55.